The summed E-state index contributed by atoms with van der Waals surface area (Å²) in [6, 6.07) is 4.57. The number of esters is 1. The molecule has 0 amide bonds. The lowest BCUT2D eigenvalue weighted by molar-refractivity contribution is 0.0599. The molecule has 0 aromatic heterocycles. The minimum atomic E-state index is -3.60. The van der Waals surface area contributed by atoms with Crippen molar-refractivity contribution in [2.45, 2.75) is 30.7 Å². The molecule has 2 N–H and O–H groups in total. The van der Waals surface area contributed by atoms with Crippen molar-refractivity contribution < 1.29 is 17.9 Å². The van der Waals surface area contributed by atoms with Crippen molar-refractivity contribution in [3.8, 4) is 0 Å². The molecule has 1 aromatic rings. The molecule has 0 bridgehead atoms. The van der Waals surface area contributed by atoms with E-state index in [1.165, 1.54) is 23.5 Å². The molecule has 1 heterocycles. The Labute approximate surface area is 124 Å². The number of sulfonamides is 1. The number of piperidine rings is 1. The first-order valence-electron chi connectivity index (χ1n) is 6.81. The van der Waals surface area contributed by atoms with Gasteiger partial charge in [-0.3, -0.25) is 0 Å². The molecular formula is C14H20N2O4S. The minimum absolute atomic E-state index is 0.0556. The van der Waals surface area contributed by atoms with E-state index in [2.05, 4.69) is 4.74 Å². The number of hydrogen-bond donors (Lipinski definition) is 1. The van der Waals surface area contributed by atoms with Crippen LogP contribution in [0.3, 0.4) is 0 Å². The predicted molar refractivity (Wildman–Crippen MR) is 78.5 cm³/mol. The van der Waals surface area contributed by atoms with E-state index in [1.54, 1.807) is 13.0 Å². The second-order valence-corrected chi connectivity index (χ2v) is 7.15. The molecule has 1 saturated heterocycles. The Bertz CT molecular complexity index is 634. The Balaban J connectivity index is 2.34. The smallest absolute Gasteiger partial charge is 0.338 e. The van der Waals surface area contributed by atoms with Crippen LogP contribution in [0.1, 0.15) is 28.8 Å². The fraction of sp³-hybridized carbons (Fsp3) is 0.500. The number of methoxy groups -OCH3 is 1. The monoisotopic (exact) mass is 312 g/mol. The number of aryl methyl sites for hydroxylation is 1. The molecule has 1 fully saturated rings. The molecule has 6 nitrogen and oxygen atoms in total. The van der Waals surface area contributed by atoms with Gasteiger partial charge in [0.1, 0.15) is 0 Å². The first-order chi connectivity index (χ1) is 9.86. The standard InChI is InChI=1S/C14H20N2O4S/c1-10-3-4-12(9-13(10)14(17)20-2)21(18,19)16-7-5-11(15)6-8-16/h3-4,9,11H,5-8,15H2,1-2H3. The van der Waals surface area contributed by atoms with Crippen molar-refractivity contribution >= 4 is 16.0 Å². The Morgan fingerprint density at radius 2 is 1.95 bits per heavy atom. The zero-order valence-corrected chi connectivity index (χ0v) is 13.0. The molecule has 116 valence electrons. The fourth-order valence-electron chi connectivity index (χ4n) is 2.36. The second kappa shape index (κ2) is 6.13. The normalized spacial score (nSPS) is 17.7. The summed E-state index contributed by atoms with van der Waals surface area (Å²) in [5.41, 5.74) is 6.75. The van der Waals surface area contributed by atoms with Gasteiger partial charge in [-0.05, 0) is 37.5 Å². The van der Waals surface area contributed by atoms with Crippen LogP contribution in [0.4, 0.5) is 0 Å². The maximum Gasteiger partial charge on any atom is 0.338 e. The van der Waals surface area contributed by atoms with Crippen LogP contribution in [0.5, 0.6) is 0 Å². The first kappa shape index (κ1) is 15.9. The van der Waals surface area contributed by atoms with Gasteiger partial charge in [0.2, 0.25) is 10.0 Å². The molecule has 0 saturated carbocycles. The molecule has 1 aliphatic heterocycles. The quantitative estimate of drug-likeness (QED) is 0.837. The van der Waals surface area contributed by atoms with Gasteiger partial charge in [-0.1, -0.05) is 6.07 Å². The summed E-state index contributed by atoms with van der Waals surface area (Å²) in [7, 11) is -2.32. The van der Waals surface area contributed by atoms with Gasteiger partial charge in [-0.2, -0.15) is 4.31 Å². The maximum atomic E-state index is 12.6. The fourth-order valence-corrected chi connectivity index (χ4v) is 3.85. The van der Waals surface area contributed by atoms with Crippen LogP contribution in [0.2, 0.25) is 0 Å². The summed E-state index contributed by atoms with van der Waals surface area (Å²) >= 11 is 0. The van der Waals surface area contributed by atoms with E-state index in [4.69, 9.17) is 5.73 Å². The zero-order chi connectivity index (χ0) is 15.6. The highest BCUT2D eigenvalue weighted by atomic mass is 32.2. The van der Waals surface area contributed by atoms with Crippen molar-refractivity contribution in [2.75, 3.05) is 20.2 Å². The molecule has 2 rings (SSSR count). The molecule has 1 aromatic carbocycles. The summed E-state index contributed by atoms with van der Waals surface area (Å²) in [4.78, 5) is 11.8. The Morgan fingerprint density at radius 1 is 1.33 bits per heavy atom. The Kier molecular flexibility index (Phi) is 4.65. The average Bonchev–Trinajstić information content (AvgIpc) is 2.47. The molecule has 0 atom stereocenters. The lowest BCUT2D eigenvalue weighted by atomic mass is 10.1. The van der Waals surface area contributed by atoms with Gasteiger partial charge in [0.15, 0.2) is 0 Å². The summed E-state index contributed by atoms with van der Waals surface area (Å²) in [6.07, 6.45) is 1.30. The second-order valence-electron chi connectivity index (χ2n) is 5.21. The third-order valence-corrected chi connectivity index (χ3v) is 5.65. The van der Waals surface area contributed by atoms with Gasteiger partial charge in [0, 0.05) is 19.1 Å². The number of ether oxygens (including phenoxy) is 1. The van der Waals surface area contributed by atoms with E-state index < -0.39 is 16.0 Å². The van der Waals surface area contributed by atoms with Crippen molar-refractivity contribution in [1.82, 2.24) is 4.31 Å². The Morgan fingerprint density at radius 3 is 2.52 bits per heavy atom. The van der Waals surface area contributed by atoms with Crippen LogP contribution in [-0.4, -0.2) is 44.9 Å². The number of benzene rings is 1. The first-order valence-corrected chi connectivity index (χ1v) is 8.25. The number of nitrogens with two attached hydrogens (primary N) is 1. The van der Waals surface area contributed by atoms with Gasteiger partial charge in [0.05, 0.1) is 17.6 Å². The van der Waals surface area contributed by atoms with E-state index in [9.17, 15) is 13.2 Å². The topological polar surface area (TPSA) is 89.7 Å². The third kappa shape index (κ3) is 3.25. The predicted octanol–water partition coefficient (Wildman–Crippen LogP) is 0.893. The van der Waals surface area contributed by atoms with Gasteiger partial charge < -0.3 is 10.5 Å². The molecule has 1 aliphatic rings. The zero-order valence-electron chi connectivity index (χ0n) is 12.2. The molecule has 0 radical (unpaired) electrons. The van der Waals surface area contributed by atoms with Gasteiger partial charge in [0.25, 0.3) is 0 Å². The highest BCUT2D eigenvalue weighted by molar-refractivity contribution is 7.89. The van der Waals surface area contributed by atoms with Crippen molar-refractivity contribution in [1.29, 1.82) is 0 Å². The summed E-state index contributed by atoms with van der Waals surface area (Å²) in [5.74, 6) is -0.537. The molecular weight excluding hydrogens is 292 g/mol. The van der Waals surface area contributed by atoms with E-state index in [1.807, 2.05) is 0 Å². The SMILES string of the molecule is COC(=O)c1cc(S(=O)(=O)N2CCC(N)CC2)ccc1C. The lowest BCUT2D eigenvalue weighted by Crippen LogP contribution is -2.42. The van der Waals surface area contributed by atoms with Crippen LogP contribution in [-0.2, 0) is 14.8 Å². The highest BCUT2D eigenvalue weighted by Gasteiger charge is 2.29. The summed E-state index contributed by atoms with van der Waals surface area (Å²) < 4.78 is 31.3. The van der Waals surface area contributed by atoms with Crippen LogP contribution in [0.25, 0.3) is 0 Å². The number of carbonyl (C=O) groups excluding carboxylic acids is 1. The van der Waals surface area contributed by atoms with E-state index in [0.29, 0.717) is 31.5 Å². The van der Waals surface area contributed by atoms with Crippen molar-refractivity contribution in [3.63, 3.8) is 0 Å². The third-order valence-electron chi connectivity index (χ3n) is 3.75. The van der Waals surface area contributed by atoms with Crippen molar-refractivity contribution in [2.24, 2.45) is 5.73 Å². The number of carbonyl (C=O) groups is 1. The van der Waals surface area contributed by atoms with Crippen LogP contribution >= 0.6 is 0 Å². The molecule has 7 heteroatoms. The van der Waals surface area contributed by atoms with E-state index in [0.717, 1.165) is 0 Å². The highest BCUT2D eigenvalue weighted by Crippen LogP contribution is 2.23. The number of hydrogen-bond acceptors (Lipinski definition) is 5. The van der Waals surface area contributed by atoms with E-state index in [-0.39, 0.29) is 16.5 Å². The molecule has 0 unspecified atom stereocenters. The average molecular weight is 312 g/mol. The van der Waals surface area contributed by atoms with Crippen molar-refractivity contribution in [3.05, 3.63) is 29.3 Å². The largest absolute Gasteiger partial charge is 0.465 e. The van der Waals surface area contributed by atoms with Gasteiger partial charge in [-0.15, -0.1) is 0 Å². The molecule has 21 heavy (non-hydrogen) atoms. The minimum Gasteiger partial charge on any atom is -0.465 e. The number of nitrogens with zero attached hydrogens (tertiary/aromatic N) is 1. The Hall–Kier alpha value is -1.44. The molecule has 0 spiro atoms. The van der Waals surface area contributed by atoms with Crippen LogP contribution in [0.15, 0.2) is 23.1 Å². The summed E-state index contributed by atoms with van der Waals surface area (Å²) in [6.45, 7) is 2.55. The van der Waals surface area contributed by atoms with Gasteiger partial charge >= 0.3 is 5.97 Å². The number of rotatable bonds is 3. The molecule has 0 aliphatic carbocycles. The van der Waals surface area contributed by atoms with E-state index >= 15 is 0 Å². The summed E-state index contributed by atoms with van der Waals surface area (Å²) in [5, 5.41) is 0. The van der Waals surface area contributed by atoms with Crippen LogP contribution < -0.4 is 5.73 Å². The van der Waals surface area contributed by atoms with Crippen LogP contribution in [0, 0.1) is 6.92 Å². The lowest BCUT2D eigenvalue weighted by Gasteiger charge is -2.29. The van der Waals surface area contributed by atoms with Gasteiger partial charge in [-0.25, -0.2) is 13.2 Å². The maximum absolute atomic E-state index is 12.6.